The number of hydrogen-bond acceptors (Lipinski definition) is 9. The normalized spacial score (nSPS) is 19.6. The molecule has 0 unspecified atom stereocenters. The summed E-state index contributed by atoms with van der Waals surface area (Å²) in [7, 11) is 1.38. The molecule has 11 nitrogen and oxygen atoms in total. The molecule has 1 saturated heterocycles. The number of benzene rings is 3. The number of Topliss-reactive ketones (excluding diaryl/α,β-unsaturated/α-hetero) is 1. The number of amidine groups is 1. The highest BCUT2D eigenvalue weighted by atomic mass is 19.1. The van der Waals surface area contributed by atoms with Crippen molar-refractivity contribution in [3.8, 4) is 16.9 Å². The predicted octanol–water partition coefficient (Wildman–Crippen LogP) is 5.67. The average Bonchev–Trinajstić information content (AvgIpc) is 3.71. The summed E-state index contributed by atoms with van der Waals surface area (Å²) >= 11 is 0. The van der Waals surface area contributed by atoms with Crippen molar-refractivity contribution in [3.05, 3.63) is 83.2 Å². The number of nitrogens with zero attached hydrogens (tertiary/aromatic N) is 3. The van der Waals surface area contributed by atoms with Gasteiger partial charge in [0.2, 0.25) is 5.91 Å². The summed E-state index contributed by atoms with van der Waals surface area (Å²) in [6.07, 6.45) is 5.49. The van der Waals surface area contributed by atoms with E-state index in [9.17, 15) is 14.4 Å². The van der Waals surface area contributed by atoms with Crippen molar-refractivity contribution in [1.29, 1.82) is 0 Å². The van der Waals surface area contributed by atoms with E-state index in [4.69, 9.17) is 10.5 Å². The highest BCUT2D eigenvalue weighted by Crippen LogP contribution is 2.35. The second kappa shape index (κ2) is 16.9. The molecule has 3 aromatic rings. The first-order valence-electron chi connectivity index (χ1n) is 17.9. The maximum Gasteiger partial charge on any atom is 0.254 e. The fourth-order valence-corrected chi connectivity index (χ4v) is 7.20. The predicted molar refractivity (Wildman–Crippen MR) is 194 cm³/mol. The molecule has 268 valence electrons. The summed E-state index contributed by atoms with van der Waals surface area (Å²) in [5, 5.41) is 17.1. The zero-order valence-electron chi connectivity index (χ0n) is 29.0. The number of rotatable bonds is 13. The first kappa shape index (κ1) is 36.0. The number of halogens is 1. The lowest BCUT2D eigenvalue weighted by Gasteiger charge is -2.27. The molecule has 1 aliphatic carbocycles. The van der Waals surface area contributed by atoms with Gasteiger partial charge in [-0.3, -0.25) is 14.4 Å². The Bertz CT molecular complexity index is 1760. The molecule has 1 atom stereocenters. The molecule has 0 radical (unpaired) electrons. The number of nitrogens with two attached hydrogens (primary N) is 1. The Kier molecular flexibility index (Phi) is 12.0. The second-order valence-electron chi connectivity index (χ2n) is 13.7. The number of ether oxygens (including phenoxy) is 1. The van der Waals surface area contributed by atoms with Gasteiger partial charge in [0.25, 0.3) is 5.91 Å². The minimum atomic E-state index is -0.713. The number of nitrogens with one attached hydrogen (secondary N) is 3. The summed E-state index contributed by atoms with van der Waals surface area (Å²) in [6.45, 7) is 2.56. The lowest BCUT2D eigenvalue weighted by atomic mass is 9.77. The van der Waals surface area contributed by atoms with Crippen LogP contribution in [0.4, 0.5) is 10.1 Å². The number of piperidine rings is 1. The lowest BCUT2D eigenvalue weighted by Crippen LogP contribution is -2.42. The zero-order valence-corrected chi connectivity index (χ0v) is 29.0. The Hall–Kier alpha value is -4.81. The Morgan fingerprint density at radius 1 is 0.941 bits per heavy atom. The van der Waals surface area contributed by atoms with E-state index >= 15 is 4.39 Å². The average molecular weight is 696 g/mol. The molecule has 6 rings (SSSR count). The molecule has 1 saturated carbocycles. The first-order valence-corrected chi connectivity index (χ1v) is 17.9. The number of hydrogen-bond donors (Lipinski definition) is 4. The van der Waals surface area contributed by atoms with E-state index in [1.54, 1.807) is 18.2 Å². The summed E-state index contributed by atoms with van der Waals surface area (Å²) < 4.78 is 21.1. The van der Waals surface area contributed by atoms with Crippen molar-refractivity contribution in [1.82, 2.24) is 10.6 Å². The molecule has 0 spiro atoms. The second-order valence-corrected chi connectivity index (χ2v) is 13.7. The van der Waals surface area contributed by atoms with Crippen LogP contribution in [0, 0.1) is 23.6 Å². The van der Waals surface area contributed by atoms with Crippen molar-refractivity contribution < 1.29 is 23.5 Å². The number of aliphatic imine (C=N–C) groups is 1. The van der Waals surface area contributed by atoms with E-state index in [-0.39, 0.29) is 41.4 Å². The van der Waals surface area contributed by atoms with Gasteiger partial charge in [-0.05, 0) is 118 Å². The largest absolute Gasteiger partial charge is 0.493 e. The summed E-state index contributed by atoms with van der Waals surface area (Å²) in [6, 6.07) is 17.9. The van der Waals surface area contributed by atoms with Crippen LogP contribution in [0.1, 0.15) is 66.4 Å². The molecule has 3 aliphatic rings. The van der Waals surface area contributed by atoms with Crippen LogP contribution in [-0.4, -0.2) is 62.9 Å². The third-order valence-electron chi connectivity index (χ3n) is 10.3. The number of azo groups is 1. The van der Waals surface area contributed by atoms with Gasteiger partial charge in [0.15, 0.2) is 24.1 Å². The van der Waals surface area contributed by atoms with E-state index in [2.05, 4.69) is 31.2 Å². The van der Waals surface area contributed by atoms with Crippen LogP contribution < -0.4 is 26.4 Å². The zero-order chi connectivity index (χ0) is 35.7. The minimum Gasteiger partial charge on any atom is -0.493 e. The van der Waals surface area contributed by atoms with Crippen LogP contribution in [0.15, 0.2) is 75.9 Å². The number of methoxy groups -OCH3 is 1. The van der Waals surface area contributed by atoms with E-state index in [0.29, 0.717) is 48.2 Å². The highest BCUT2D eigenvalue weighted by molar-refractivity contribution is 6.01. The summed E-state index contributed by atoms with van der Waals surface area (Å²) in [4.78, 5) is 44.5. The van der Waals surface area contributed by atoms with Crippen molar-refractivity contribution in [2.45, 2.75) is 57.4 Å². The molecular weight excluding hydrogens is 649 g/mol. The van der Waals surface area contributed by atoms with Crippen molar-refractivity contribution in [2.24, 2.45) is 38.7 Å². The van der Waals surface area contributed by atoms with Crippen molar-refractivity contribution >= 4 is 29.1 Å². The Balaban J connectivity index is 1.17. The Labute approximate surface area is 297 Å². The third-order valence-corrected chi connectivity index (χ3v) is 10.3. The van der Waals surface area contributed by atoms with Crippen LogP contribution in [0.5, 0.6) is 5.75 Å². The number of anilines is 1. The highest BCUT2D eigenvalue weighted by Gasteiger charge is 2.30. The number of ketones is 1. The van der Waals surface area contributed by atoms with Gasteiger partial charge < -0.3 is 26.4 Å². The van der Waals surface area contributed by atoms with Gasteiger partial charge in [0.1, 0.15) is 5.78 Å². The van der Waals surface area contributed by atoms with Crippen LogP contribution in [-0.2, 0) is 16.0 Å². The van der Waals surface area contributed by atoms with Crippen LogP contribution in [0.25, 0.3) is 11.1 Å². The van der Waals surface area contributed by atoms with Gasteiger partial charge in [-0.2, -0.15) is 5.11 Å². The lowest BCUT2D eigenvalue weighted by molar-refractivity contribution is -0.129. The Morgan fingerprint density at radius 3 is 2.29 bits per heavy atom. The SMILES string of the molecule is COc1c(-c2ccc(C[C@H](CC(=O)C3CCC(CN)CC3)C(=O)Nc3ccc(C4=NCN=N4)cc3)cc2)ccc(C(=O)NC2CCNCC2)c1F. The van der Waals surface area contributed by atoms with Crippen LogP contribution in [0.3, 0.4) is 0 Å². The van der Waals surface area contributed by atoms with E-state index in [1.807, 2.05) is 36.4 Å². The molecule has 2 heterocycles. The fourth-order valence-electron chi connectivity index (χ4n) is 7.20. The number of carbonyl (C=O) groups excluding carboxylic acids is 3. The van der Waals surface area contributed by atoms with Crippen molar-refractivity contribution in [3.63, 3.8) is 0 Å². The smallest absolute Gasteiger partial charge is 0.254 e. The molecular formula is C39H46FN7O4. The van der Waals surface area contributed by atoms with Crippen molar-refractivity contribution in [2.75, 3.05) is 38.7 Å². The van der Waals surface area contributed by atoms with Crippen LogP contribution in [0.2, 0.25) is 0 Å². The maximum atomic E-state index is 15.7. The molecule has 51 heavy (non-hydrogen) atoms. The number of carbonyl (C=O) groups is 3. The molecule has 2 amide bonds. The molecule has 12 heteroatoms. The molecule has 0 aromatic heterocycles. The Morgan fingerprint density at radius 2 is 1.65 bits per heavy atom. The van der Waals surface area contributed by atoms with Gasteiger partial charge in [0, 0.05) is 41.1 Å². The molecule has 2 fully saturated rings. The van der Waals surface area contributed by atoms with E-state index in [1.165, 1.54) is 13.2 Å². The minimum absolute atomic E-state index is 0.00529. The third kappa shape index (κ3) is 8.92. The maximum absolute atomic E-state index is 15.7. The topological polar surface area (TPSA) is 160 Å². The molecule has 5 N–H and O–H groups in total. The number of amides is 2. The fraction of sp³-hybridized carbons (Fsp3) is 0.436. The monoisotopic (exact) mass is 695 g/mol. The van der Waals surface area contributed by atoms with Gasteiger partial charge in [0.05, 0.1) is 12.7 Å². The standard InChI is InChI=1S/C39H46FN7O4/c1-51-36-32(14-15-33(35(36)40)39(50)46-31-16-18-42-19-17-31)26-6-2-24(3-7-26)20-29(21-34(48)27-8-4-25(22-41)5-9-27)38(49)45-30-12-10-28(11-13-30)37-43-23-44-47-37/h2-3,6-7,10-15,25,27,29,31,42H,4-5,8-9,16-23,41H2,1H3,(H,45,49)(H,46,50)/t25?,27?,29-/m1/s1. The summed E-state index contributed by atoms with van der Waals surface area (Å²) in [5.41, 5.74) is 9.28. The first-order chi connectivity index (χ1) is 24.8. The van der Waals surface area contributed by atoms with Crippen LogP contribution >= 0.6 is 0 Å². The van der Waals surface area contributed by atoms with Gasteiger partial charge in [-0.25, -0.2) is 9.38 Å². The molecule has 3 aromatic carbocycles. The summed E-state index contributed by atoms with van der Waals surface area (Å²) in [5.74, 6) is -0.994. The molecule has 2 aliphatic heterocycles. The van der Waals surface area contributed by atoms with E-state index < -0.39 is 17.6 Å². The van der Waals surface area contributed by atoms with Gasteiger partial charge in [-0.1, -0.05) is 24.3 Å². The van der Waals surface area contributed by atoms with Gasteiger partial charge in [-0.15, -0.1) is 5.11 Å². The molecule has 0 bridgehead atoms. The van der Waals surface area contributed by atoms with Gasteiger partial charge >= 0.3 is 0 Å². The quantitative estimate of drug-likeness (QED) is 0.180. The van der Waals surface area contributed by atoms with E-state index in [0.717, 1.165) is 62.7 Å².